The minimum Gasteiger partial charge on any atom is -0.324 e. The summed E-state index contributed by atoms with van der Waals surface area (Å²) in [4.78, 5) is 0. The largest absolute Gasteiger partial charge is 0.324 e. The summed E-state index contributed by atoms with van der Waals surface area (Å²) in [5, 5.41) is 0.804. The Morgan fingerprint density at radius 1 is 1.50 bits per heavy atom. The third-order valence-electron chi connectivity index (χ3n) is 2.32. The molecule has 1 aliphatic rings. The fraction of sp³-hybridized carbons (Fsp3) is 0.333. The van der Waals surface area contributed by atoms with E-state index >= 15 is 0 Å². The van der Waals surface area contributed by atoms with E-state index in [0.717, 1.165) is 27.9 Å². The number of rotatable bonds is 0. The molecule has 0 aromatic heterocycles. The van der Waals surface area contributed by atoms with Crippen molar-refractivity contribution in [3.8, 4) is 0 Å². The number of hydrogen-bond acceptors (Lipinski definition) is 1. The third-order valence-corrected chi connectivity index (χ3v) is 3.40. The zero-order valence-corrected chi connectivity index (χ0v) is 8.82. The molecule has 1 nitrogen and oxygen atoms in total. The van der Waals surface area contributed by atoms with E-state index in [4.69, 9.17) is 17.3 Å². The van der Waals surface area contributed by atoms with Gasteiger partial charge in [0.2, 0.25) is 0 Å². The summed E-state index contributed by atoms with van der Waals surface area (Å²) in [6.07, 6.45) is 2.05. The molecule has 0 unspecified atom stereocenters. The number of fused-ring (bicyclic) bond motifs is 1. The van der Waals surface area contributed by atoms with Gasteiger partial charge in [0.05, 0.1) is 0 Å². The molecule has 0 bridgehead atoms. The average Bonchev–Trinajstić information content (AvgIpc) is 2.42. The number of nitrogens with two attached hydrogens (primary N) is 1. The van der Waals surface area contributed by atoms with Crippen LogP contribution in [0.5, 0.6) is 0 Å². The van der Waals surface area contributed by atoms with Crippen molar-refractivity contribution in [3.63, 3.8) is 0 Å². The highest BCUT2D eigenvalue weighted by atomic mass is 79.9. The van der Waals surface area contributed by atoms with Crippen molar-refractivity contribution in [1.82, 2.24) is 0 Å². The molecule has 0 amide bonds. The van der Waals surface area contributed by atoms with Crippen molar-refractivity contribution in [1.29, 1.82) is 0 Å². The van der Waals surface area contributed by atoms with Crippen molar-refractivity contribution in [2.75, 3.05) is 0 Å². The molecular formula is C9H9BrClN. The first-order valence-electron chi connectivity index (χ1n) is 3.92. The number of halogens is 2. The Bertz CT molecular complexity index is 325. The Morgan fingerprint density at radius 3 is 2.92 bits per heavy atom. The van der Waals surface area contributed by atoms with Gasteiger partial charge in [0.15, 0.2) is 0 Å². The van der Waals surface area contributed by atoms with Gasteiger partial charge < -0.3 is 5.73 Å². The molecule has 0 spiro atoms. The van der Waals surface area contributed by atoms with E-state index in [0.29, 0.717) is 0 Å². The third kappa shape index (κ3) is 1.18. The fourth-order valence-electron chi connectivity index (χ4n) is 1.71. The quantitative estimate of drug-likeness (QED) is 0.748. The normalized spacial score (nSPS) is 21.1. The molecule has 1 atom stereocenters. The standard InChI is InChI=1S/C9H9BrClN/c10-6-2-3-7(11)9-5(6)1-4-8(9)12/h2-3,8H,1,4,12H2/t8-/m1/s1. The molecule has 3 heteroatoms. The van der Waals surface area contributed by atoms with Crippen LogP contribution in [0.2, 0.25) is 5.02 Å². The highest BCUT2D eigenvalue weighted by Gasteiger charge is 2.23. The Morgan fingerprint density at radius 2 is 2.25 bits per heavy atom. The highest BCUT2D eigenvalue weighted by Crippen LogP contribution is 2.38. The van der Waals surface area contributed by atoms with Crippen LogP contribution in [0.1, 0.15) is 23.6 Å². The lowest BCUT2D eigenvalue weighted by atomic mass is 10.1. The lowest BCUT2D eigenvalue weighted by molar-refractivity contribution is 0.713. The van der Waals surface area contributed by atoms with E-state index in [1.165, 1.54) is 5.56 Å². The van der Waals surface area contributed by atoms with E-state index < -0.39 is 0 Å². The zero-order valence-electron chi connectivity index (χ0n) is 6.48. The highest BCUT2D eigenvalue weighted by molar-refractivity contribution is 9.10. The smallest absolute Gasteiger partial charge is 0.0457 e. The van der Waals surface area contributed by atoms with Gasteiger partial charge >= 0.3 is 0 Å². The maximum Gasteiger partial charge on any atom is 0.0457 e. The first-order chi connectivity index (χ1) is 5.70. The molecule has 1 aromatic rings. The van der Waals surface area contributed by atoms with Gasteiger partial charge in [-0.05, 0) is 36.1 Å². The van der Waals surface area contributed by atoms with Gasteiger partial charge in [-0.2, -0.15) is 0 Å². The zero-order chi connectivity index (χ0) is 8.72. The Balaban J connectivity index is 2.64. The summed E-state index contributed by atoms with van der Waals surface area (Å²) in [5.74, 6) is 0. The molecule has 2 N–H and O–H groups in total. The molecule has 0 radical (unpaired) electrons. The molecule has 64 valence electrons. The van der Waals surface area contributed by atoms with Crippen LogP contribution in [0.3, 0.4) is 0 Å². The van der Waals surface area contributed by atoms with Crippen LogP contribution in [0.15, 0.2) is 16.6 Å². The second-order valence-electron chi connectivity index (χ2n) is 3.07. The Kier molecular flexibility index (Phi) is 2.15. The topological polar surface area (TPSA) is 26.0 Å². The predicted octanol–water partition coefficient (Wildman–Crippen LogP) is 3.05. The summed E-state index contributed by atoms with van der Waals surface area (Å²) in [7, 11) is 0. The van der Waals surface area contributed by atoms with Crippen molar-refractivity contribution < 1.29 is 0 Å². The van der Waals surface area contributed by atoms with Crippen LogP contribution >= 0.6 is 27.5 Å². The van der Waals surface area contributed by atoms with Gasteiger partial charge in [-0.15, -0.1) is 0 Å². The van der Waals surface area contributed by atoms with Gasteiger partial charge in [-0.1, -0.05) is 27.5 Å². The van der Waals surface area contributed by atoms with Crippen LogP contribution in [-0.4, -0.2) is 0 Å². The Hall–Kier alpha value is -0.0500. The average molecular weight is 247 g/mol. The van der Waals surface area contributed by atoms with E-state index in [9.17, 15) is 0 Å². The summed E-state index contributed by atoms with van der Waals surface area (Å²) in [6, 6.07) is 4.01. The lowest BCUT2D eigenvalue weighted by Crippen LogP contribution is -2.05. The Labute approximate surface area is 85.0 Å². The van der Waals surface area contributed by atoms with E-state index in [2.05, 4.69) is 15.9 Å². The first-order valence-corrected chi connectivity index (χ1v) is 5.09. The van der Waals surface area contributed by atoms with E-state index in [1.807, 2.05) is 12.1 Å². The van der Waals surface area contributed by atoms with Gasteiger partial charge in [0.25, 0.3) is 0 Å². The van der Waals surface area contributed by atoms with Crippen molar-refractivity contribution in [2.45, 2.75) is 18.9 Å². The van der Waals surface area contributed by atoms with Crippen LogP contribution in [0, 0.1) is 0 Å². The summed E-state index contributed by atoms with van der Waals surface area (Å²) < 4.78 is 1.13. The molecule has 0 aliphatic heterocycles. The second kappa shape index (κ2) is 3.02. The van der Waals surface area contributed by atoms with Crippen molar-refractivity contribution in [3.05, 3.63) is 32.8 Å². The first kappa shape index (κ1) is 8.54. The van der Waals surface area contributed by atoms with E-state index in [-0.39, 0.29) is 6.04 Å². The molecule has 1 aromatic carbocycles. The van der Waals surface area contributed by atoms with Crippen LogP contribution in [0.4, 0.5) is 0 Å². The number of benzene rings is 1. The SMILES string of the molecule is N[C@@H]1CCc2c(Br)ccc(Cl)c21. The molecule has 1 aliphatic carbocycles. The summed E-state index contributed by atoms with van der Waals surface area (Å²) in [6.45, 7) is 0. The van der Waals surface area contributed by atoms with Crippen molar-refractivity contribution >= 4 is 27.5 Å². The summed E-state index contributed by atoms with van der Waals surface area (Å²) in [5.41, 5.74) is 8.33. The molecule has 0 saturated carbocycles. The number of hydrogen-bond donors (Lipinski definition) is 1. The van der Waals surface area contributed by atoms with Gasteiger partial charge in [0, 0.05) is 15.5 Å². The minimum absolute atomic E-state index is 0.130. The lowest BCUT2D eigenvalue weighted by Gasteiger charge is -2.07. The van der Waals surface area contributed by atoms with Crippen LogP contribution in [-0.2, 0) is 6.42 Å². The maximum absolute atomic E-state index is 6.04. The minimum atomic E-state index is 0.130. The molecule has 0 saturated heterocycles. The summed E-state index contributed by atoms with van der Waals surface area (Å²) >= 11 is 9.53. The monoisotopic (exact) mass is 245 g/mol. The van der Waals surface area contributed by atoms with E-state index in [1.54, 1.807) is 0 Å². The maximum atomic E-state index is 6.04. The molecule has 12 heavy (non-hydrogen) atoms. The molecule has 2 rings (SSSR count). The van der Waals surface area contributed by atoms with Gasteiger partial charge in [-0.25, -0.2) is 0 Å². The molecule has 0 heterocycles. The van der Waals surface area contributed by atoms with Crippen molar-refractivity contribution in [2.24, 2.45) is 5.73 Å². The van der Waals surface area contributed by atoms with Crippen LogP contribution < -0.4 is 5.73 Å². The molecule has 0 fully saturated rings. The van der Waals surface area contributed by atoms with Crippen LogP contribution in [0.25, 0.3) is 0 Å². The predicted molar refractivity (Wildman–Crippen MR) is 54.4 cm³/mol. The second-order valence-corrected chi connectivity index (χ2v) is 4.33. The van der Waals surface area contributed by atoms with Gasteiger partial charge in [0.1, 0.15) is 0 Å². The van der Waals surface area contributed by atoms with Gasteiger partial charge in [-0.3, -0.25) is 0 Å². The molecular weight excluding hydrogens is 237 g/mol. The fourth-order valence-corrected chi connectivity index (χ4v) is 2.57.